The van der Waals surface area contributed by atoms with Crippen LogP contribution in [0.4, 0.5) is 47.3 Å². The van der Waals surface area contributed by atoms with Crippen molar-refractivity contribution in [2.45, 2.75) is 6.18 Å². The van der Waals surface area contributed by atoms with E-state index in [1.807, 2.05) is 108 Å². The normalized spacial score (nSPS) is 12.7. The Bertz CT molecular complexity index is 3970. The number of aromatic nitrogens is 3. The molecule has 0 aliphatic carbocycles. The van der Waals surface area contributed by atoms with Gasteiger partial charge in [-0.2, -0.15) is 13.2 Å². The molecule has 74 heavy (non-hydrogen) atoms. The number of nitrogens with zero attached hydrogens (tertiary/aromatic N) is 5. The number of anilines is 6. The van der Waals surface area contributed by atoms with E-state index in [9.17, 15) is 0 Å². The summed E-state index contributed by atoms with van der Waals surface area (Å²) in [4.78, 5) is 14.7. The highest BCUT2D eigenvalue weighted by atomic mass is 19.4. The van der Waals surface area contributed by atoms with Gasteiger partial charge in [0.15, 0.2) is 5.82 Å². The molecule has 2 aliphatic rings. The van der Waals surface area contributed by atoms with Crippen LogP contribution in [0.25, 0.3) is 72.5 Å². The summed E-state index contributed by atoms with van der Waals surface area (Å²) < 4.78 is 48.9. The molecule has 10 aromatic carbocycles. The van der Waals surface area contributed by atoms with Crippen molar-refractivity contribution < 1.29 is 13.2 Å². The van der Waals surface area contributed by atoms with E-state index < -0.39 is 11.7 Å². The molecular formula is C65H41BF3N5. The molecule has 2 aromatic heterocycles. The number of fused-ring (bicyclic) bond motifs is 7. The number of hydrogen-bond acceptors (Lipinski definition) is 4. The maximum Gasteiger partial charge on any atom is 0.417 e. The third kappa shape index (κ3) is 6.95. The highest BCUT2D eigenvalue weighted by Gasteiger charge is 2.43. The van der Waals surface area contributed by atoms with Crippen LogP contribution in [0.3, 0.4) is 0 Å². The molecule has 0 N–H and O–H groups in total. The molecule has 350 valence electrons. The van der Waals surface area contributed by atoms with Crippen molar-refractivity contribution in [3.63, 3.8) is 0 Å². The average Bonchev–Trinajstić information content (AvgIpc) is 3.82. The monoisotopic (exact) mass is 959 g/mol. The highest BCUT2D eigenvalue weighted by Crippen LogP contribution is 2.48. The standard InChI is InChI=1S/C65H41BF3N5/c67-65(68,69)50-29-19-35-59(62(50)64-70-53(42-20-5-1-6-21-42)41-54(71-64)43-22-7-2-8-23-43)74-55-32-16-13-28-48(55)49-38-44(36-37-56(49)74)45-39-60-63-61(40-45)73(47-26-11-4-12-27-47)58-34-18-15-31-52(58)66(63)51-30-14-17-33-57(51)72(60)46-24-9-3-10-25-46/h1-41H. The van der Waals surface area contributed by atoms with Crippen molar-refractivity contribution in [3.05, 3.63) is 254 Å². The lowest BCUT2D eigenvalue weighted by molar-refractivity contribution is -0.137. The predicted molar refractivity (Wildman–Crippen MR) is 297 cm³/mol. The SMILES string of the molecule is FC(F)(F)c1cccc(-n2c3ccccc3c3cc(-c4cc5c6c(c4)N(c4ccccc4)c4ccccc4B6c4ccccc4N5c4ccccc4)ccc32)c1-c1nc(-c2ccccc2)cc(-c2ccccc2)n1. The summed E-state index contributed by atoms with van der Waals surface area (Å²) in [6, 6.07) is 82.7. The minimum atomic E-state index is -4.73. The lowest BCUT2D eigenvalue weighted by atomic mass is 9.33. The van der Waals surface area contributed by atoms with Gasteiger partial charge in [0.1, 0.15) is 0 Å². The molecular weight excluding hydrogens is 919 g/mol. The third-order valence-electron chi connectivity index (χ3n) is 14.6. The van der Waals surface area contributed by atoms with E-state index in [2.05, 4.69) is 137 Å². The van der Waals surface area contributed by atoms with E-state index in [0.29, 0.717) is 17.1 Å². The first-order valence-corrected chi connectivity index (χ1v) is 24.7. The smallest absolute Gasteiger partial charge is 0.311 e. The summed E-state index contributed by atoms with van der Waals surface area (Å²) in [5.41, 5.74) is 15.6. The minimum Gasteiger partial charge on any atom is -0.311 e. The van der Waals surface area contributed by atoms with Crippen LogP contribution in [0.1, 0.15) is 5.56 Å². The molecule has 0 saturated heterocycles. The third-order valence-corrected chi connectivity index (χ3v) is 14.6. The summed E-state index contributed by atoms with van der Waals surface area (Å²) in [6.07, 6.45) is -4.73. The van der Waals surface area contributed by atoms with Gasteiger partial charge in [-0.1, -0.05) is 164 Å². The van der Waals surface area contributed by atoms with Gasteiger partial charge in [-0.15, -0.1) is 0 Å². The molecule has 12 aromatic rings. The molecule has 0 saturated carbocycles. The molecule has 0 unspecified atom stereocenters. The van der Waals surface area contributed by atoms with Crippen molar-refractivity contribution in [1.29, 1.82) is 0 Å². The number of alkyl halides is 3. The second kappa shape index (κ2) is 17.1. The Labute approximate surface area is 425 Å². The summed E-state index contributed by atoms with van der Waals surface area (Å²) >= 11 is 0. The second-order valence-corrected chi connectivity index (χ2v) is 18.8. The summed E-state index contributed by atoms with van der Waals surface area (Å²) in [5, 5.41) is 1.79. The molecule has 4 heterocycles. The van der Waals surface area contributed by atoms with E-state index in [1.165, 1.54) is 22.5 Å². The number of hydrogen-bond donors (Lipinski definition) is 0. The van der Waals surface area contributed by atoms with Crippen LogP contribution in [0.2, 0.25) is 0 Å². The van der Waals surface area contributed by atoms with Crippen molar-refractivity contribution in [2.75, 3.05) is 9.80 Å². The topological polar surface area (TPSA) is 37.2 Å². The zero-order chi connectivity index (χ0) is 49.5. The Morgan fingerprint density at radius 1 is 0.365 bits per heavy atom. The summed E-state index contributed by atoms with van der Waals surface area (Å²) in [6.45, 7) is -0.0374. The maximum atomic E-state index is 15.6. The van der Waals surface area contributed by atoms with Gasteiger partial charge in [-0.3, -0.25) is 0 Å². The van der Waals surface area contributed by atoms with E-state index >= 15 is 13.2 Å². The van der Waals surface area contributed by atoms with Crippen LogP contribution in [0.5, 0.6) is 0 Å². The Balaban J connectivity index is 1.02. The number of rotatable bonds is 7. The van der Waals surface area contributed by atoms with Crippen LogP contribution < -0.4 is 26.2 Å². The van der Waals surface area contributed by atoms with E-state index in [4.69, 9.17) is 9.97 Å². The zero-order valence-electron chi connectivity index (χ0n) is 39.6. The lowest BCUT2D eigenvalue weighted by Crippen LogP contribution is -2.61. The van der Waals surface area contributed by atoms with Crippen LogP contribution in [-0.4, -0.2) is 21.2 Å². The first-order chi connectivity index (χ1) is 36.4. The summed E-state index contributed by atoms with van der Waals surface area (Å²) in [7, 11) is 0. The van der Waals surface area contributed by atoms with Gasteiger partial charge in [0.25, 0.3) is 6.71 Å². The van der Waals surface area contributed by atoms with Gasteiger partial charge in [0, 0.05) is 56.0 Å². The zero-order valence-corrected chi connectivity index (χ0v) is 39.6. The van der Waals surface area contributed by atoms with Gasteiger partial charge in [-0.25, -0.2) is 9.97 Å². The quantitative estimate of drug-likeness (QED) is 0.149. The first kappa shape index (κ1) is 43.3. The molecule has 14 rings (SSSR count). The first-order valence-electron chi connectivity index (χ1n) is 24.7. The molecule has 0 radical (unpaired) electrons. The second-order valence-electron chi connectivity index (χ2n) is 18.8. The molecule has 0 spiro atoms. The van der Waals surface area contributed by atoms with E-state index in [1.54, 1.807) is 6.07 Å². The number of benzene rings is 10. The Hall–Kier alpha value is -9.47. The van der Waals surface area contributed by atoms with Gasteiger partial charge in [0.2, 0.25) is 0 Å². The molecule has 5 nitrogen and oxygen atoms in total. The van der Waals surface area contributed by atoms with E-state index in [-0.39, 0.29) is 18.1 Å². The molecule has 0 bridgehead atoms. The molecule has 0 fully saturated rings. The fourth-order valence-corrected chi connectivity index (χ4v) is 11.5. The van der Waals surface area contributed by atoms with Crippen molar-refractivity contribution >= 4 is 79.0 Å². The van der Waals surface area contributed by atoms with Crippen LogP contribution in [-0.2, 0) is 6.18 Å². The Morgan fingerprint density at radius 3 is 1.42 bits per heavy atom. The lowest BCUT2D eigenvalue weighted by Gasteiger charge is -2.44. The Morgan fingerprint density at radius 2 is 0.851 bits per heavy atom. The molecule has 2 aliphatic heterocycles. The highest BCUT2D eigenvalue weighted by molar-refractivity contribution is 7.00. The maximum absolute atomic E-state index is 15.6. The average molecular weight is 960 g/mol. The summed E-state index contributed by atoms with van der Waals surface area (Å²) in [5.74, 6) is -0.0221. The predicted octanol–water partition coefficient (Wildman–Crippen LogP) is 15.3. The van der Waals surface area contributed by atoms with Crippen LogP contribution in [0, 0.1) is 0 Å². The molecule has 0 atom stereocenters. The fraction of sp³-hybridized carbons (Fsp3) is 0.0154. The van der Waals surface area contributed by atoms with Gasteiger partial charge in [-0.05, 0) is 112 Å². The Kier molecular flexibility index (Phi) is 10.0. The molecule has 0 amide bonds. The van der Waals surface area contributed by atoms with Gasteiger partial charge < -0.3 is 14.4 Å². The van der Waals surface area contributed by atoms with Crippen molar-refractivity contribution in [2.24, 2.45) is 0 Å². The van der Waals surface area contributed by atoms with Crippen molar-refractivity contribution in [1.82, 2.24) is 14.5 Å². The molecule has 9 heteroatoms. The number of halogens is 3. The largest absolute Gasteiger partial charge is 0.417 e. The van der Waals surface area contributed by atoms with Gasteiger partial charge in [0.05, 0.1) is 39.2 Å². The van der Waals surface area contributed by atoms with Crippen LogP contribution in [0.15, 0.2) is 249 Å². The van der Waals surface area contributed by atoms with E-state index in [0.717, 1.165) is 84.3 Å². The fourth-order valence-electron chi connectivity index (χ4n) is 11.5. The van der Waals surface area contributed by atoms with Gasteiger partial charge >= 0.3 is 6.18 Å². The number of para-hydroxylation sites is 5. The van der Waals surface area contributed by atoms with Crippen molar-refractivity contribution in [3.8, 4) is 50.7 Å². The van der Waals surface area contributed by atoms with Crippen LogP contribution >= 0.6 is 0 Å². The minimum absolute atomic E-state index is 0.0221.